The SMILES string of the molecule is Cc1ccc(Oc2ccc(CC(C(=O)O)c3cccs3)cc2)cc1. The summed E-state index contributed by atoms with van der Waals surface area (Å²) in [6.07, 6.45) is 0.473. The molecule has 3 nitrogen and oxygen atoms in total. The van der Waals surface area contributed by atoms with Gasteiger partial charge in [-0.1, -0.05) is 35.9 Å². The zero-order chi connectivity index (χ0) is 16.9. The number of hydrogen-bond acceptors (Lipinski definition) is 3. The smallest absolute Gasteiger partial charge is 0.312 e. The first-order valence-electron chi connectivity index (χ1n) is 7.71. The lowest BCUT2D eigenvalue weighted by molar-refractivity contribution is -0.138. The Morgan fingerprint density at radius 2 is 1.67 bits per heavy atom. The Bertz CT molecular complexity index is 790. The number of aryl methyl sites for hydroxylation is 1. The average Bonchev–Trinajstić information content (AvgIpc) is 3.10. The second-order valence-electron chi connectivity index (χ2n) is 5.67. The zero-order valence-corrected chi connectivity index (χ0v) is 14.1. The molecule has 3 aromatic rings. The first-order chi connectivity index (χ1) is 11.6. The number of carboxylic acid groups (broad SMARTS) is 1. The van der Waals surface area contributed by atoms with E-state index in [1.54, 1.807) is 0 Å². The van der Waals surface area contributed by atoms with Gasteiger partial charge < -0.3 is 9.84 Å². The fraction of sp³-hybridized carbons (Fsp3) is 0.150. The van der Waals surface area contributed by atoms with E-state index in [0.29, 0.717) is 6.42 Å². The van der Waals surface area contributed by atoms with Crippen molar-refractivity contribution in [2.45, 2.75) is 19.3 Å². The van der Waals surface area contributed by atoms with Crippen LogP contribution in [0.25, 0.3) is 0 Å². The summed E-state index contributed by atoms with van der Waals surface area (Å²) < 4.78 is 5.80. The lowest BCUT2D eigenvalue weighted by Gasteiger charge is -2.11. The number of aliphatic carboxylic acids is 1. The van der Waals surface area contributed by atoms with Crippen LogP contribution in [0.15, 0.2) is 66.0 Å². The molecule has 1 heterocycles. The lowest BCUT2D eigenvalue weighted by atomic mass is 9.98. The molecule has 0 spiro atoms. The Balaban J connectivity index is 1.69. The first kappa shape index (κ1) is 16.3. The molecular weight excluding hydrogens is 320 g/mol. The number of carboxylic acids is 1. The summed E-state index contributed by atoms with van der Waals surface area (Å²) in [5.74, 6) is 0.229. The maximum absolute atomic E-state index is 11.5. The molecule has 4 heteroatoms. The highest BCUT2D eigenvalue weighted by molar-refractivity contribution is 7.10. The number of rotatable bonds is 6. The van der Waals surface area contributed by atoms with Crippen molar-refractivity contribution in [3.8, 4) is 11.5 Å². The van der Waals surface area contributed by atoms with Crippen LogP contribution in [-0.4, -0.2) is 11.1 Å². The van der Waals surface area contributed by atoms with Gasteiger partial charge in [0.25, 0.3) is 0 Å². The molecule has 0 saturated carbocycles. The second kappa shape index (κ2) is 7.32. The molecule has 2 aromatic carbocycles. The molecule has 0 amide bonds. The van der Waals surface area contributed by atoms with E-state index in [1.165, 1.54) is 16.9 Å². The summed E-state index contributed by atoms with van der Waals surface area (Å²) in [5.41, 5.74) is 2.16. The van der Waals surface area contributed by atoms with Crippen molar-refractivity contribution >= 4 is 17.3 Å². The standard InChI is InChI=1S/C20H18O3S/c1-14-4-8-16(9-5-14)23-17-10-6-15(7-11-17)13-18(20(21)22)19-3-2-12-24-19/h2-12,18H,13H2,1H3,(H,21,22). The van der Waals surface area contributed by atoms with E-state index in [4.69, 9.17) is 4.74 Å². The summed E-state index contributed by atoms with van der Waals surface area (Å²) in [4.78, 5) is 12.4. The van der Waals surface area contributed by atoms with Gasteiger partial charge in [-0.25, -0.2) is 0 Å². The summed E-state index contributed by atoms with van der Waals surface area (Å²) in [5, 5.41) is 11.4. The topological polar surface area (TPSA) is 46.5 Å². The molecule has 24 heavy (non-hydrogen) atoms. The van der Waals surface area contributed by atoms with Crippen molar-refractivity contribution in [2.24, 2.45) is 0 Å². The predicted molar refractivity (Wildman–Crippen MR) is 96.1 cm³/mol. The van der Waals surface area contributed by atoms with Crippen LogP contribution in [0.5, 0.6) is 11.5 Å². The summed E-state index contributed by atoms with van der Waals surface area (Å²) in [6.45, 7) is 2.03. The van der Waals surface area contributed by atoms with Crippen LogP contribution < -0.4 is 4.74 Å². The lowest BCUT2D eigenvalue weighted by Crippen LogP contribution is -2.13. The number of ether oxygens (including phenoxy) is 1. The highest BCUT2D eigenvalue weighted by atomic mass is 32.1. The number of hydrogen-bond donors (Lipinski definition) is 1. The molecule has 1 unspecified atom stereocenters. The summed E-state index contributed by atoms with van der Waals surface area (Å²) >= 11 is 1.48. The van der Waals surface area contributed by atoms with Gasteiger partial charge in [-0.3, -0.25) is 4.79 Å². The maximum atomic E-state index is 11.5. The molecule has 0 aliphatic carbocycles. The van der Waals surface area contributed by atoms with Gasteiger partial charge in [-0.15, -0.1) is 11.3 Å². The van der Waals surface area contributed by atoms with Crippen molar-refractivity contribution in [1.82, 2.24) is 0 Å². The van der Waals surface area contributed by atoms with E-state index in [1.807, 2.05) is 73.0 Å². The highest BCUT2D eigenvalue weighted by Gasteiger charge is 2.21. The van der Waals surface area contributed by atoms with Crippen LogP contribution in [-0.2, 0) is 11.2 Å². The molecule has 0 saturated heterocycles. The Hall–Kier alpha value is -2.59. The van der Waals surface area contributed by atoms with Crippen molar-refractivity contribution in [3.05, 3.63) is 82.0 Å². The van der Waals surface area contributed by atoms with E-state index in [0.717, 1.165) is 21.9 Å². The maximum Gasteiger partial charge on any atom is 0.312 e. The van der Waals surface area contributed by atoms with E-state index in [-0.39, 0.29) is 0 Å². The van der Waals surface area contributed by atoms with Gasteiger partial charge >= 0.3 is 5.97 Å². The third-order valence-electron chi connectivity index (χ3n) is 3.80. The van der Waals surface area contributed by atoms with Gasteiger partial charge in [0.1, 0.15) is 11.5 Å². The van der Waals surface area contributed by atoms with E-state index in [2.05, 4.69) is 0 Å². The molecule has 1 atom stereocenters. The first-order valence-corrected chi connectivity index (χ1v) is 8.59. The number of benzene rings is 2. The Kier molecular flexibility index (Phi) is 4.96. The Labute approximate surface area is 145 Å². The van der Waals surface area contributed by atoms with Crippen molar-refractivity contribution in [2.75, 3.05) is 0 Å². The van der Waals surface area contributed by atoms with Crippen molar-refractivity contribution < 1.29 is 14.6 Å². The minimum absolute atomic E-state index is 0.473. The molecule has 0 radical (unpaired) electrons. The largest absolute Gasteiger partial charge is 0.481 e. The van der Waals surface area contributed by atoms with Gasteiger partial charge in [-0.05, 0) is 54.6 Å². The third kappa shape index (κ3) is 4.03. The van der Waals surface area contributed by atoms with Gasteiger partial charge in [0.05, 0.1) is 5.92 Å². The molecule has 1 aromatic heterocycles. The van der Waals surface area contributed by atoms with Gasteiger partial charge in [-0.2, -0.15) is 0 Å². The fourth-order valence-electron chi connectivity index (χ4n) is 2.47. The fourth-order valence-corrected chi connectivity index (χ4v) is 3.29. The molecule has 122 valence electrons. The van der Waals surface area contributed by atoms with Crippen LogP contribution in [0.4, 0.5) is 0 Å². The van der Waals surface area contributed by atoms with Crippen molar-refractivity contribution in [3.63, 3.8) is 0 Å². The van der Waals surface area contributed by atoms with Gasteiger partial charge in [0, 0.05) is 4.88 Å². The molecular formula is C20H18O3S. The minimum Gasteiger partial charge on any atom is -0.481 e. The number of thiophene rings is 1. The predicted octanol–water partition coefficient (Wildman–Crippen LogP) is 5.26. The quantitative estimate of drug-likeness (QED) is 0.667. The molecule has 3 rings (SSSR count). The third-order valence-corrected chi connectivity index (χ3v) is 4.79. The van der Waals surface area contributed by atoms with Gasteiger partial charge in [0.15, 0.2) is 0 Å². The van der Waals surface area contributed by atoms with Crippen LogP contribution in [0, 0.1) is 6.92 Å². The van der Waals surface area contributed by atoms with E-state index in [9.17, 15) is 9.90 Å². The van der Waals surface area contributed by atoms with E-state index >= 15 is 0 Å². The molecule has 1 N–H and O–H groups in total. The highest BCUT2D eigenvalue weighted by Crippen LogP contribution is 2.27. The molecule has 0 bridgehead atoms. The van der Waals surface area contributed by atoms with E-state index < -0.39 is 11.9 Å². The zero-order valence-electron chi connectivity index (χ0n) is 13.3. The van der Waals surface area contributed by atoms with Crippen LogP contribution >= 0.6 is 11.3 Å². The minimum atomic E-state index is -0.794. The average molecular weight is 338 g/mol. The monoisotopic (exact) mass is 338 g/mol. The van der Waals surface area contributed by atoms with Crippen LogP contribution in [0.2, 0.25) is 0 Å². The summed E-state index contributed by atoms with van der Waals surface area (Å²) in [7, 11) is 0. The Morgan fingerprint density at radius 3 is 2.21 bits per heavy atom. The van der Waals surface area contributed by atoms with Crippen LogP contribution in [0.1, 0.15) is 21.9 Å². The Morgan fingerprint density at radius 1 is 1.04 bits per heavy atom. The molecule has 0 aliphatic heterocycles. The molecule has 0 fully saturated rings. The normalized spacial score (nSPS) is 11.9. The van der Waals surface area contributed by atoms with Gasteiger partial charge in [0.2, 0.25) is 0 Å². The van der Waals surface area contributed by atoms with Crippen LogP contribution in [0.3, 0.4) is 0 Å². The second-order valence-corrected chi connectivity index (χ2v) is 6.65. The van der Waals surface area contributed by atoms with Crippen molar-refractivity contribution in [1.29, 1.82) is 0 Å². The molecule has 0 aliphatic rings. The summed E-state index contributed by atoms with van der Waals surface area (Å²) in [6, 6.07) is 19.2. The number of carbonyl (C=O) groups is 1.